The molecular formula is C17H20N4O4S. The predicted molar refractivity (Wildman–Crippen MR) is 99.9 cm³/mol. The van der Waals surface area contributed by atoms with Gasteiger partial charge in [0.25, 0.3) is 0 Å². The molecule has 2 N–H and O–H groups in total. The summed E-state index contributed by atoms with van der Waals surface area (Å²) in [5, 5.41) is 7.45. The molecule has 0 atom stereocenters. The molecule has 2 aromatic rings. The third-order valence-electron chi connectivity index (χ3n) is 3.82. The average Bonchev–Trinajstić information content (AvgIpc) is 3.09. The minimum Gasteiger partial charge on any atom is -0.453 e. The Morgan fingerprint density at radius 2 is 1.96 bits per heavy atom. The molecule has 1 saturated heterocycles. The maximum absolute atomic E-state index is 12.2. The smallest absolute Gasteiger partial charge is 0.413 e. The number of ether oxygens (including phenoxy) is 2. The number of thiazole rings is 1. The highest BCUT2D eigenvalue weighted by atomic mass is 32.1. The highest BCUT2D eigenvalue weighted by Gasteiger charge is 2.12. The van der Waals surface area contributed by atoms with Crippen molar-refractivity contribution in [3.05, 3.63) is 35.3 Å². The van der Waals surface area contributed by atoms with Gasteiger partial charge in [-0.3, -0.25) is 10.1 Å². The standard InChI is InChI=1S/C17H20N4O4S/c1-24-17(23)20-16-19-13(11-26-16)10-15(22)18-12-2-4-14(5-3-12)21-6-8-25-9-7-21/h2-5,11H,6-10H2,1H3,(H,18,22)(H,19,20,23). The van der Waals surface area contributed by atoms with Crippen LogP contribution in [0.4, 0.5) is 21.3 Å². The van der Waals surface area contributed by atoms with Crippen molar-refractivity contribution in [3.63, 3.8) is 0 Å². The number of benzene rings is 1. The molecule has 0 unspecified atom stereocenters. The second-order valence-electron chi connectivity index (χ2n) is 5.63. The van der Waals surface area contributed by atoms with Crippen LogP contribution in [0.1, 0.15) is 5.69 Å². The SMILES string of the molecule is COC(=O)Nc1nc(CC(=O)Nc2ccc(N3CCOCC3)cc2)cs1. The molecule has 1 fully saturated rings. The molecule has 0 aliphatic carbocycles. The molecule has 1 aliphatic heterocycles. The molecule has 0 saturated carbocycles. The number of rotatable bonds is 5. The largest absolute Gasteiger partial charge is 0.453 e. The number of hydrogen-bond donors (Lipinski definition) is 2. The van der Waals surface area contributed by atoms with Gasteiger partial charge in [-0.2, -0.15) is 0 Å². The van der Waals surface area contributed by atoms with Gasteiger partial charge in [0.15, 0.2) is 5.13 Å². The summed E-state index contributed by atoms with van der Waals surface area (Å²) in [6, 6.07) is 7.74. The first-order valence-corrected chi connectivity index (χ1v) is 9.04. The Bertz CT molecular complexity index is 756. The van der Waals surface area contributed by atoms with Crippen LogP contribution in [0.2, 0.25) is 0 Å². The molecule has 0 spiro atoms. The lowest BCUT2D eigenvalue weighted by Gasteiger charge is -2.28. The van der Waals surface area contributed by atoms with Crippen LogP contribution >= 0.6 is 11.3 Å². The lowest BCUT2D eigenvalue weighted by atomic mass is 10.2. The molecule has 0 bridgehead atoms. The van der Waals surface area contributed by atoms with E-state index in [0.717, 1.165) is 37.7 Å². The second kappa shape index (κ2) is 8.63. The van der Waals surface area contributed by atoms with E-state index in [0.29, 0.717) is 10.8 Å². The van der Waals surface area contributed by atoms with Crippen LogP contribution in [-0.2, 0) is 20.7 Å². The molecule has 1 aromatic carbocycles. The van der Waals surface area contributed by atoms with E-state index < -0.39 is 6.09 Å². The Balaban J connectivity index is 1.52. The van der Waals surface area contributed by atoms with Crippen molar-refractivity contribution in [3.8, 4) is 0 Å². The number of carbonyl (C=O) groups excluding carboxylic acids is 2. The number of aromatic nitrogens is 1. The molecule has 8 nitrogen and oxygen atoms in total. The lowest BCUT2D eigenvalue weighted by Crippen LogP contribution is -2.36. The Kier molecular flexibility index (Phi) is 6.03. The van der Waals surface area contributed by atoms with Gasteiger partial charge in [-0.15, -0.1) is 11.3 Å². The topological polar surface area (TPSA) is 92.8 Å². The van der Waals surface area contributed by atoms with E-state index in [2.05, 4.69) is 25.3 Å². The maximum Gasteiger partial charge on any atom is 0.413 e. The number of anilines is 3. The van der Waals surface area contributed by atoms with Gasteiger partial charge in [-0.25, -0.2) is 9.78 Å². The third-order valence-corrected chi connectivity index (χ3v) is 4.62. The fourth-order valence-electron chi connectivity index (χ4n) is 2.53. The number of methoxy groups -OCH3 is 1. The van der Waals surface area contributed by atoms with E-state index in [-0.39, 0.29) is 12.3 Å². The maximum atomic E-state index is 12.2. The Morgan fingerprint density at radius 3 is 2.65 bits per heavy atom. The van der Waals surface area contributed by atoms with Gasteiger partial charge in [-0.05, 0) is 24.3 Å². The molecular weight excluding hydrogens is 356 g/mol. The van der Waals surface area contributed by atoms with Crippen LogP contribution in [-0.4, -0.2) is 50.4 Å². The lowest BCUT2D eigenvalue weighted by molar-refractivity contribution is -0.115. The number of morpholine rings is 1. The Hall–Kier alpha value is -2.65. The number of amides is 2. The minimum absolute atomic E-state index is 0.130. The van der Waals surface area contributed by atoms with E-state index in [9.17, 15) is 9.59 Å². The van der Waals surface area contributed by atoms with Crippen molar-refractivity contribution in [2.24, 2.45) is 0 Å². The summed E-state index contributed by atoms with van der Waals surface area (Å²) in [7, 11) is 1.28. The summed E-state index contributed by atoms with van der Waals surface area (Å²) in [6.45, 7) is 3.22. The van der Waals surface area contributed by atoms with E-state index in [4.69, 9.17) is 4.74 Å². The first-order valence-electron chi connectivity index (χ1n) is 8.16. The zero-order valence-corrected chi connectivity index (χ0v) is 15.2. The summed E-state index contributed by atoms with van der Waals surface area (Å²) >= 11 is 1.24. The van der Waals surface area contributed by atoms with Crippen molar-refractivity contribution in [2.75, 3.05) is 48.9 Å². The van der Waals surface area contributed by atoms with Gasteiger partial charge >= 0.3 is 6.09 Å². The summed E-state index contributed by atoms with van der Waals surface area (Å²) in [6.07, 6.45) is -0.458. The fourth-order valence-corrected chi connectivity index (χ4v) is 3.23. The van der Waals surface area contributed by atoms with Crippen molar-refractivity contribution >= 4 is 39.8 Å². The molecule has 1 aliphatic rings. The Labute approximate surface area is 155 Å². The molecule has 0 radical (unpaired) electrons. The van der Waals surface area contributed by atoms with Crippen LogP contribution in [0.3, 0.4) is 0 Å². The summed E-state index contributed by atoms with van der Waals surface area (Å²) in [5.41, 5.74) is 2.43. The average molecular weight is 376 g/mol. The van der Waals surface area contributed by atoms with E-state index >= 15 is 0 Å². The van der Waals surface area contributed by atoms with Crippen LogP contribution in [0.25, 0.3) is 0 Å². The van der Waals surface area contributed by atoms with Gasteiger partial charge in [0.2, 0.25) is 5.91 Å². The molecule has 3 rings (SSSR count). The Morgan fingerprint density at radius 1 is 1.23 bits per heavy atom. The van der Waals surface area contributed by atoms with E-state index in [1.165, 1.54) is 18.4 Å². The van der Waals surface area contributed by atoms with Crippen molar-refractivity contribution in [1.82, 2.24) is 4.98 Å². The first kappa shape index (κ1) is 18.2. The first-order chi connectivity index (χ1) is 12.6. The molecule has 2 heterocycles. The number of nitrogens with zero attached hydrogens (tertiary/aromatic N) is 2. The highest BCUT2D eigenvalue weighted by Crippen LogP contribution is 2.20. The van der Waals surface area contributed by atoms with Crippen LogP contribution in [0, 0.1) is 0 Å². The molecule has 138 valence electrons. The van der Waals surface area contributed by atoms with Crippen molar-refractivity contribution in [2.45, 2.75) is 6.42 Å². The van der Waals surface area contributed by atoms with E-state index in [1.54, 1.807) is 5.38 Å². The van der Waals surface area contributed by atoms with Crippen LogP contribution < -0.4 is 15.5 Å². The summed E-state index contributed by atoms with van der Waals surface area (Å²) in [5.74, 6) is -0.168. The van der Waals surface area contributed by atoms with Gasteiger partial charge < -0.3 is 19.7 Å². The fraction of sp³-hybridized carbons (Fsp3) is 0.353. The zero-order chi connectivity index (χ0) is 18.4. The normalized spacial score (nSPS) is 14.0. The predicted octanol–water partition coefficient (Wildman–Crippen LogP) is 2.34. The highest BCUT2D eigenvalue weighted by molar-refractivity contribution is 7.13. The van der Waals surface area contributed by atoms with Crippen molar-refractivity contribution in [1.29, 1.82) is 0 Å². The van der Waals surface area contributed by atoms with Gasteiger partial charge in [0.1, 0.15) is 0 Å². The number of hydrogen-bond acceptors (Lipinski definition) is 7. The van der Waals surface area contributed by atoms with Crippen LogP contribution in [0.5, 0.6) is 0 Å². The molecule has 9 heteroatoms. The molecule has 1 aromatic heterocycles. The third kappa shape index (κ3) is 4.93. The quantitative estimate of drug-likeness (QED) is 0.832. The minimum atomic E-state index is -0.587. The van der Waals surface area contributed by atoms with Crippen LogP contribution in [0.15, 0.2) is 29.6 Å². The summed E-state index contributed by atoms with van der Waals surface area (Å²) < 4.78 is 9.85. The second-order valence-corrected chi connectivity index (χ2v) is 6.49. The van der Waals surface area contributed by atoms with Gasteiger partial charge in [0, 0.05) is 29.8 Å². The monoisotopic (exact) mass is 376 g/mol. The van der Waals surface area contributed by atoms with Gasteiger partial charge in [0.05, 0.1) is 32.4 Å². The molecule has 2 amide bonds. The van der Waals surface area contributed by atoms with E-state index in [1.807, 2.05) is 24.3 Å². The zero-order valence-electron chi connectivity index (χ0n) is 14.4. The number of nitrogens with one attached hydrogen (secondary N) is 2. The molecule has 26 heavy (non-hydrogen) atoms. The van der Waals surface area contributed by atoms with Gasteiger partial charge in [-0.1, -0.05) is 0 Å². The van der Waals surface area contributed by atoms with Crippen molar-refractivity contribution < 1.29 is 19.1 Å². The summed E-state index contributed by atoms with van der Waals surface area (Å²) in [4.78, 5) is 29.7. The number of carbonyl (C=O) groups is 2.